The first-order valence-electron chi connectivity index (χ1n) is 6.50. The zero-order valence-electron chi connectivity index (χ0n) is 11.2. The summed E-state index contributed by atoms with van der Waals surface area (Å²) in [6.07, 6.45) is 4.71. The van der Waals surface area contributed by atoms with Crippen LogP contribution in [0.4, 0.5) is 0 Å². The van der Waals surface area contributed by atoms with Crippen molar-refractivity contribution in [1.29, 1.82) is 0 Å². The molecule has 17 heavy (non-hydrogen) atoms. The molecule has 0 bridgehead atoms. The molecular weight excluding hydrogens is 234 g/mol. The number of thioether (sulfide) groups is 1. The van der Waals surface area contributed by atoms with Gasteiger partial charge < -0.3 is 10.4 Å². The zero-order chi connectivity index (χ0) is 12.9. The van der Waals surface area contributed by atoms with E-state index in [0.29, 0.717) is 5.75 Å². The Balaban J connectivity index is 2.33. The lowest BCUT2D eigenvalue weighted by Crippen LogP contribution is -2.43. The predicted molar refractivity (Wildman–Crippen MR) is 73.2 cm³/mol. The van der Waals surface area contributed by atoms with Crippen LogP contribution in [0.3, 0.4) is 0 Å². The van der Waals surface area contributed by atoms with Gasteiger partial charge in [0, 0.05) is 4.75 Å². The van der Waals surface area contributed by atoms with E-state index >= 15 is 0 Å². The van der Waals surface area contributed by atoms with Crippen LogP contribution in [-0.4, -0.2) is 33.7 Å². The second kappa shape index (κ2) is 6.64. The molecule has 2 atom stereocenters. The first-order valence-corrected chi connectivity index (χ1v) is 7.48. The molecule has 1 fully saturated rings. The van der Waals surface area contributed by atoms with Crippen LogP contribution in [0.15, 0.2) is 0 Å². The second-order valence-electron chi connectivity index (χ2n) is 5.78. The molecule has 1 rings (SSSR count). The van der Waals surface area contributed by atoms with Gasteiger partial charge in [-0.3, -0.25) is 4.79 Å². The van der Waals surface area contributed by atoms with Crippen LogP contribution in [-0.2, 0) is 4.79 Å². The van der Waals surface area contributed by atoms with Crippen molar-refractivity contribution in [3.63, 3.8) is 0 Å². The van der Waals surface area contributed by atoms with Crippen LogP contribution in [0.2, 0.25) is 0 Å². The Morgan fingerprint density at radius 1 is 1.29 bits per heavy atom. The van der Waals surface area contributed by atoms with Crippen molar-refractivity contribution in [2.75, 3.05) is 5.75 Å². The summed E-state index contributed by atoms with van der Waals surface area (Å²) in [5.74, 6) is 0.531. The van der Waals surface area contributed by atoms with Gasteiger partial charge in [0.25, 0.3) is 0 Å². The summed E-state index contributed by atoms with van der Waals surface area (Å²) in [6.45, 7) is 6.31. The Bertz CT molecular complexity index is 250. The first kappa shape index (κ1) is 14.8. The molecular formula is C13H25NO2S. The number of hydrogen-bond acceptors (Lipinski definition) is 3. The Morgan fingerprint density at radius 2 is 1.94 bits per heavy atom. The van der Waals surface area contributed by atoms with Gasteiger partial charge in [-0.2, -0.15) is 0 Å². The van der Waals surface area contributed by atoms with Crippen LogP contribution in [0.25, 0.3) is 0 Å². The highest BCUT2D eigenvalue weighted by Crippen LogP contribution is 2.23. The highest BCUT2D eigenvalue weighted by atomic mass is 32.2. The van der Waals surface area contributed by atoms with E-state index in [1.807, 2.05) is 0 Å². The van der Waals surface area contributed by atoms with E-state index in [4.69, 9.17) is 0 Å². The molecule has 1 amide bonds. The molecule has 0 aromatic rings. The predicted octanol–water partition coefficient (Wildman–Crippen LogP) is 2.33. The molecule has 0 aromatic heterocycles. The van der Waals surface area contributed by atoms with Crippen LogP contribution in [0, 0.1) is 0 Å². The average Bonchev–Trinajstić information content (AvgIpc) is 2.41. The van der Waals surface area contributed by atoms with Gasteiger partial charge in [-0.25, -0.2) is 0 Å². The summed E-state index contributed by atoms with van der Waals surface area (Å²) >= 11 is 1.64. The smallest absolute Gasteiger partial charge is 0.230 e. The standard InChI is InChI=1S/C13H25NO2S/c1-13(2,3)17-9-12(16)14-10-7-5-4-6-8-11(10)15/h10-11,15H,4-9H2,1-3H3,(H,14,16). The average molecular weight is 259 g/mol. The molecule has 4 heteroatoms. The lowest BCUT2D eigenvalue weighted by atomic mass is 10.1. The molecule has 2 N–H and O–H groups in total. The highest BCUT2D eigenvalue weighted by molar-refractivity contribution is 8.01. The number of hydrogen-bond donors (Lipinski definition) is 2. The largest absolute Gasteiger partial charge is 0.391 e. The number of aliphatic hydroxyl groups excluding tert-OH is 1. The van der Waals surface area contributed by atoms with Crippen molar-refractivity contribution in [2.45, 2.75) is 69.8 Å². The third kappa shape index (κ3) is 6.32. The Hall–Kier alpha value is -0.220. The third-order valence-electron chi connectivity index (χ3n) is 2.96. The lowest BCUT2D eigenvalue weighted by Gasteiger charge is -2.23. The molecule has 1 saturated carbocycles. The maximum absolute atomic E-state index is 11.8. The molecule has 0 radical (unpaired) electrons. The number of carbonyl (C=O) groups excluding carboxylic acids is 1. The summed E-state index contributed by atoms with van der Waals surface area (Å²) in [5.41, 5.74) is 0. The van der Waals surface area contributed by atoms with Crippen molar-refractivity contribution >= 4 is 17.7 Å². The molecule has 1 aliphatic rings. The number of amides is 1. The van der Waals surface area contributed by atoms with Gasteiger partial charge in [0.15, 0.2) is 0 Å². The van der Waals surface area contributed by atoms with E-state index in [9.17, 15) is 9.90 Å². The maximum Gasteiger partial charge on any atom is 0.230 e. The molecule has 0 aliphatic heterocycles. The summed E-state index contributed by atoms with van der Waals surface area (Å²) in [4.78, 5) is 11.8. The van der Waals surface area contributed by atoms with Gasteiger partial charge in [0.05, 0.1) is 17.9 Å². The van der Waals surface area contributed by atoms with Crippen LogP contribution in [0.5, 0.6) is 0 Å². The van der Waals surface area contributed by atoms with Gasteiger partial charge in [0.2, 0.25) is 5.91 Å². The Labute approximate surface area is 109 Å². The fourth-order valence-electron chi connectivity index (χ4n) is 1.99. The van der Waals surface area contributed by atoms with E-state index < -0.39 is 0 Å². The minimum absolute atomic E-state index is 0.0365. The normalized spacial score (nSPS) is 26.4. The fourth-order valence-corrected chi connectivity index (χ4v) is 2.63. The number of aliphatic hydroxyl groups is 1. The first-order chi connectivity index (χ1) is 7.88. The van der Waals surface area contributed by atoms with Gasteiger partial charge in [-0.1, -0.05) is 40.0 Å². The minimum Gasteiger partial charge on any atom is -0.391 e. The zero-order valence-corrected chi connectivity index (χ0v) is 12.0. The molecule has 2 unspecified atom stereocenters. The molecule has 0 saturated heterocycles. The quantitative estimate of drug-likeness (QED) is 0.765. The van der Waals surface area contributed by atoms with E-state index in [2.05, 4.69) is 26.1 Å². The molecule has 1 aliphatic carbocycles. The van der Waals surface area contributed by atoms with Crippen molar-refractivity contribution in [3.8, 4) is 0 Å². The van der Waals surface area contributed by atoms with Crippen LogP contribution >= 0.6 is 11.8 Å². The van der Waals surface area contributed by atoms with E-state index in [-0.39, 0.29) is 22.8 Å². The van der Waals surface area contributed by atoms with Crippen molar-refractivity contribution in [1.82, 2.24) is 5.32 Å². The van der Waals surface area contributed by atoms with E-state index in [0.717, 1.165) is 25.7 Å². The van der Waals surface area contributed by atoms with Crippen LogP contribution < -0.4 is 5.32 Å². The minimum atomic E-state index is -0.360. The monoisotopic (exact) mass is 259 g/mol. The van der Waals surface area contributed by atoms with Crippen LogP contribution in [0.1, 0.15) is 52.9 Å². The molecule has 3 nitrogen and oxygen atoms in total. The second-order valence-corrected chi connectivity index (χ2v) is 7.58. The topological polar surface area (TPSA) is 49.3 Å². The molecule has 100 valence electrons. The number of carbonyl (C=O) groups is 1. The summed E-state index contributed by atoms with van der Waals surface area (Å²) in [6, 6.07) is -0.0365. The number of nitrogens with one attached hydrogen (secondary N) is 1. The SMILES string of the molecule is CC(C)(C)SCC(=O)NC1CCCCCC1O. The van der Waals surface area contributed by atoms with Crippen molar-refractivity contribution in [3.05, 3.63) is 0 Å². The highest BCUT2D eigenvalue weighted by Gasteiger charge is 2.23. The van der Waals surface area contributed by atoms with E-state index in [1.165, 1.54) is 6.42 Å². The summed E-state index contributed by atoms with van der Waals surface area (Å²) in [7, 11) is 0. The Morgan fingerprint density at radius 3 is 2.59 bits per heavy atom. The Kier molecular flexibility index (Phi) is 5.80. The fraction of sp³-hybridized carbons (Fsp3) is 0.923. The summed E-state index contributed by atoms with van der Waals surface area (Å²) < 4.78 is 0.111. The van der Waals surface area contributed by atoms with Gasteiger partial charge in [-0.05, 0) is 12.8 Å². The molecule has 0 spiro atoms. The van der Waals surface area contributed by atoms with Crippen molar-refractivity contribution < 1.29 is 9.90 Å². The van der Waals surface area contributed by atoms with Gasteiger partial charge >= 0.3 is 0 Å². The number of rotatable bonds is 3. The molecule has 0 heterocycles. The third-order valence-corrected chi connectivity index (χ3v) is 4.23. The lowest BCUT2D eigenvalue weighted by molar-refractivity contribution is -0.120. The van der Waals surface area contributed by atoms with E-state index in [1.54, 1.807) is 11.8 Å². The van der Waals surface area contributed by atoms with Gasteiger partial charge in [0.1, 0.15) is 0 Å². The van der Waals surface area contributed by atoms with Crippen molar-refractivity contribution in [2.24, 2.45) is 0 Å². The molecule has 0 aromatic carbocycles. The summed E-state index contributed by atoms with van der Waals surface area (Å²) in [5, 5.41) is 12.9. The maximum atomic E-state index is 11.8. The van der Waals surface area contributed by atoms with Gasteiger partial charge in [-0.15, -0.1) is 11.8 Å².